The quantitative estimate of drug-likeness (QED) is 0.358. The molecule has 2 aromatic carbocycles. The molecule has 0 aliphatic carbocycles. The molecule has 7 nitrogen and oxygen atoms in total. The van der Waals surface area contributed by atoms with Crippen LogP contribution in [0.5, 0.6) is 0 Å². The van der Waals surface area contributed by atoms with Crippen molar-refractivity contribution in [2.75, 3.05) is 6.54 Å². The number of fused-ring (bicyclic) bond motifs is 2. The molecule has 0 saturated carbocycles. The van der Waals surface area contributed by atoms with E-state index >= 15 is 0 Å². The predicted octanol–water partition coefficient (Wildman–Crippen LogP) is 5.04. The van der Waals surface area contributed by atoms with E-state index in [9.17, 15) is 19.5 Å². The first kappa shape index (κ1) is 23.6. The minimum Gasteiger partial charge on any atom is -0.481 e. The third-order valence-corrected chi connectivity index (χ3v) is 6.43. The molecule has 1 atom stereocenters. The van der Waals surface area contributed by atoms with Crippen LogP contribution in [0.15, 0.2) is 50.2 Å². The number of carboxylic acids is 1. The lowest BCUT2D eigenvalue weighted by Gasteiger charge is -2.17. The summed E-state index contributed by atoms with van der Waals surface area (Å²) in [5.41, 5.74) is 3.93. The highest BCUT2D eigenvalue weighted by atomic mass is 35.5. The van der Waals surface area contributed by atoms with E-state index in [0.29, 0.717) is 21.8 Å². The Labute approximate surface area is 200 Å². The van der Waals surface area contributed by atoms with Gasteiger partial charge in [-0.15, -0.1) is 0 Å². The number of aliphatic carboxylic acids is 1. The van der Waals surface area contributed by atoms with Crippen LogP contribution < -0.4 is 10.9 Å². The number of carbonyl (C=O) groups is 2. The molecule has 4 rings (SSSR count). The molecule has 8 heteroatoms. The van der Waals surface area contributed by atoms with Gasteiger partial charge in [0.05, 0.1) is 24.7 Å². The van der Waals surface area contributed by atoms with Crippen LogP contribution in [0.3, 0.4) is 0 Å². The first-order valence-corrected chi connectivity index (χ1v) is 11.2. The van der Waals surface area contributed by atoms with Gasteiger partial charge in [0.25, 0.3) is 0 Å². The Hall–Kier alpha value is -3.58. The number of carboxylic acid groups (broad SMARTS) is 1. The summed E-state index contributed by atoms with van der Waals surface area (Å²) in [5.74, 6) is -1.80. The summed E-state index contributed by atoms with van der Waals surface area (Å²) in [6.45, 7) is 5.68. The fraction of sp³-hybridized carbons (Fsp3) is 0.269. The van der Waals surface area contributed by atoms with Crippen molar-refractivity contribution in [2.45, 2.75) is 39.5 Å². The molecule has 2 aromatic heterocycles. The first-order valence-electron chi connectivity index (χ1n) is 10.8. The predicted molar refractivity (Wildman–Crippen MR) is 130 cm³/mol. The molecule has 2 heterocycles. The van der Waals surface area contributed by atoms with E-state index in [1.165, 1.54) is 0 Å². The highest BCUT2D eigenvalue weighted by Gasteiger charge is 2.21. The standard InChI is InChI=1S/C26H24ClNO6/c1-13-12-33-24-15(3)25-20(9-19(13)24)14(2)21(26(32)34-25)10-22(29)28-11-17(8-23(30)31)16-4-6-18(27)7-5-16/h4-7,9,12,17H,8,10-11H2,1-3H3,(H,28,29)(H,30,31)/t17-/m0/s1. The van der Waals surface area contributed by atoms with Gasteiger partial charge in [0.15, 0.2) is 0 Å². The van der Waals surface area contributed by atoms with Crippen LogP contribution in [0, 0.1) is 20.8 Å². The van der Waals surface area contributed by atoms with E-state index in [-0.39, 0.29) is 24.9 Å². The van der Waals surface area contributed by atoms with Crippen molar-refractivity contribution in [2.24, 2.45) is 0 Å². The molecule has 176 valence electrons. The number of carbonyl (C=O) groups excluding carboxylic acids is 1. The van der Waals surface area contributed by atoms with Gasteiger partial charge >= 0.3 is 11.6 Å². The van der Waals surface area contributed by atoms with E-state index in [2.05, 4.69) is 5.32 Å². The fourth-order valence-electron chi connectivity index (χ4n) is 4.24. The Morgan fingerprint density at radius 1 is 1.06 bits per heavy atom. The lowest BCUT2D eigenvalue weighted by atomic mass is 9.95. The Morgan fingerprint density at radius 2 is 1.76 bits per heavy atom. The highest BCUT2D eigenvalue weighted by molar-refractivity contribution is 6.30. The van der Waals surface area contributed by atoms with Crippen molar-refractivity contribution >= 4 is 45.4 Å². The normalized spacial score (nSPS) is 12.2. The van der Waals surface area contributed by atoms with Gasteiger partial charge in [-0.1, -0.05) is 23.7 Å². The zero-order chi connectivity index (χ0) is 24.6. The molecule has 2 N–H and O–H groups in total. The molecule has 0 unspecified atom stereocenters. The Balaban J connectivity index is 1.59. The van der Waals surface area contributed by atoms with Crippen LogP contribution in [0.4, 0.5) is 0 Å². The van der Waals surface area contributed by atoms with E-state index < -0.39 is 23.4 Å². The van der Waals surface area contributed by atoms with Gasteiger partial charge in [0.1, 0.15) is 11.2 Å². The molecular formula is C26H24ClNO6. The topological polar surface area (TPSA) is 110 Å². The van der Waals surface area contributed by atoms with Gasteiger partial charge in [0, 0.05) is 33.8 Å². The van der Waals surface area contributed by atoms with Gasteiger partial charge in [-0.25, -0.2) is 4.79 Å². The van der Waals surface area contributed by atoms with Crippen LogP contribution in [0.1, 0.15) is 40.2 Å². The summed E-state index contributed by atoms with van der Waals surface area (Å²) < 4.78 is 11.2. The highest BCUT2D eigenvalue weighted by Crippen LogP contribution is 2.32. The SMILES string of the molecule is Cc1coc2c(C)c3oc(=O)c(CC(=O)NC[C@H](CC(=O)O)c4ccc(Cl)cc4)c(C)c3cc12. The monoisotopic (exact) mass is 481 g/mol. The van der Waals surface area contributed by atoms with Crippen LogP contribution in [-0.4, -0.2) is 23.5 Å². The summed E-state index contributed by atoms with van der Waals surface area (Å²) in [7, 11) is 0. The number of hydrogen-bond acceptors (Lipinski definition) is 5. The second-order valence-electron chi connectivity index (χ2n) is 8.49. The lowest BCUT2D eigenvalue weighted by Crippen LogP contribution is -2.32. The molecule has 0 radical (unpaired) electrons. The molecule has 0 saturated heterocycles. The van der Waals surface area contributed by atoms with Gasteiger partial charge < -0.3 is 19.3 Å². The largest absolute Gasteiger partial charge is 0.481 e. The maximum absolute atomic E-state index is 12.8. The van der Waals surface area contributed by atoms with E-state index in [4.69, 9.17) is 20.4 Å². The maximum Gasteiger partial charge on any atom is 0.340 e. The molecule has 4 aromatic rings. The van der Waals surface area contributed by atoms with Crippen molar-refractivity contribution < 1.29 is 23.5 Å². The maximum atomic E-state index is 12.8. The number of benzene rings is 2. The number of aryl methyl sites for hydroxylation is 3. The molecule has 0 aliphatic heterocycles. The Bertz CT molecular complexity index is 1470. The smallest absolute Gasteiger partial charge is 0.340 e. The van der Waals surface area contributed by atoms with Crippen LogP contribution in [0.2, 0.25) is 5.02 Å². The van der Waals surface area contributed by atoms with Crippen molar-refractivity contribution in [1.29, 1.82) is 0 Å². The second-order valence-corrected chi connectivity index (χ2v) is 8.93. The van der Waals surface area contributed by atoms with Gasteiger partial charge in [-0.2, -0.15) is 0 Å². The second kappa shape index (κ2) is 9.35. The van der Waals surface area contributed by atoms with Crippen molar-refractivity contribution in [3.05, 3.63) is 79.9 Å². The lowest BCUT2D eigenvalue weighted by molar-refractivity contribution is -0.137. The average molecular weight is 482 g/mol. The number of hydrogen-bond donors (Lipinski definition) is 2. The van der Waals surface area contributed by atoms with Crippen molar-refractivity contribution in [3.63, 3.8) is 0 Å². The minimum atomic E-state index is -0.976. The Morgan fingerprint density at radius 3 is 2.44 bits per heavy atom. The number of furan rings is 1. The zero-order valence-electron chi connectivity index (χ0n) is 19.0. The summed E-state index contributed by atoms with van der Waals surface area (Å²) >= 11 is 5.93. The third kappa shape index (κ3) is 4.56. The average Bonchev–Trinajstić information content (AvgIpc) is 3.16. The van der Waals surface area contributed by atoms with Gasteiger partial charge in [0.2, 0.25) is 5.91 Å². The van der Waals surface area contributed by atoms with Gasteiger partial charge in [-0.3, -0.25) is 9.59 Å². The molecule has 34 heavy (non-hydrogen) atoms. The van der Waals surface area contributed by atoms with Crippen LogP contribution >= 0.6 is 11.6 Å². The fourth-order valence-corrected chi connectivity index (χ4v) is 4.36. The summed E-state index contributed by atoms with van der Waals surface area (Å²) in [5, 5.41) is 14.3. The molecule has 1 amide bonds. The molecular weight excluding hydrogens is 458 g/mol. The summed E-state index contributed by atoms with van der Waals surface area (Å²) in [6, 6.07) is 8.76. The van der Waals surface area contributed by atoms with Crippen LogP contribution in [0.25, 0.3) is 21.9 Å². The molecule has 0 aliphatic rings. The summed E-state index contributed by atoms with van der Waals surface area (Å²) in [4.78, 5) is 36.8. The van der Waals surface area contributed by atoms with Crippen molar-refractivity contribution in [1.82, 2.24) is 5.32 Å². The first-order chi connectivity index (χ1) is 16.2. The summed E-state index contributed by atoms with van der Waals surface area (Å²) in [6.07, 6.45) is 1.33. The van der Waals surface area contributed by atoms with Gasteiger partial charge in [-0.05, 0) is 55.7 Å². The number of nitrogens with one attached hydrogen (secondary N) is 1. The third-order valence-electron chi connectivity index (χ3n) is 6.18. The number of amides is 1. The van der Waals surface area contributed by atoms with E-state index in [1.807, 2.05) is 19.9 Å². The van der Waals surface area contributed by atoms with E-state index in [0.717, 1.165) is 27.5 Å². The Kier molecular flexibility index (Phi) is 6.48. The zero-order valence-corrected chi connectivity index (χ0v) is 19.8. The number of halogens is 1. The van der Waals surface area contributed by atoms with Crippen molar-refractivity contribution in [3.8, 4) is 0 Å². The molecule has 0 bridgehead atoms. The molecule has 0 spiro atoms. The minimum absolute atomic E-state index is 0.110. The molecule has 0 fully saturated rings. The van der Waals surface area contributed by atoms with Crippen LogP contribution in [-0.2, 0) is 16.0 Å². The number of rotatable bonds is 7. The van der Waals surface area contributed by atoms with E-state index in [1.54, 1.807) is 37.5 Å².